The number of nitrogens with two attached hydrogens (primary N) is 1. The van der Waals surface area contributed by atoms with Crippen LogP contribution in [0.5, 0.6) is 0 Å². The highest BCUT2D eigenvalue weighted by Gasteiger charge is 2.27. The summed E-state index contributed by atoms with van der Waals surface area (Å²) in [5, 5.41) is 8.88. The predicted molar refractivity (Wildman–Crippen MR) is 66.1 cm³/mol. The lowest BCUT2D eigenvalue weighted by Crippen LogP contribution is -2.14. The first-order valence-corrected chi connectivity index (χ1v) is 5.66. The van der Waals surface area contributed by atoms with Crippen molar-refractivity contribution in [2.45, 2.75) is 0 Å². The first-order chi connectivity index (χ1) is 10.3. The highest BCUT2D eigenvalue weighted by atomic mass is 19.2. The molecule has 0 radical (unpaired) electrons. The van der Waals surface area contributed by atoms with E-state index in [1.54, 1.807) is 6.07 Å². The SMILES string of the molecule is COC(=O)c1c(N)c(C#N)cn1-c1c(F)cc(F)c(F)c1F. The summed E-state index contributed by atoms with van der Waals surface area (Å²) in [6, 6.07) is 1.71. The van der Waals surface area contributed by atoms with Crippen molar-refractivity contribution >= 4 is 11.7 Å². The molecule has 2 rings (SSSR count). The number of nitrogens with zero attached hydrogens (tertiary/aromatic N) is 2. The second-order valence-electron chi connectivity index (χ2n) is 4.10. The number of ether oxygens (including phenoxy) is 1. The third-order valence-electron chi connectivity index (χ3n) is 2.87. The highest BCUT2D eigenvalue weighted by molar-refractivity contribution is 5.96. The normalized spacial score (nSPS) is 10.4. The van der Waals surface area contributed by atoms with Gasteiger partial charge in [0.05, 0.1) is 18.4 Å². The van der Waals surface area contributed by atoms with Crippen LogP contribution in [0.2, 0.25) is 0 Å². The van der Waals surface area contributed by atoms with Crippen LogP contribution < -0.4 is 5.73 Å². The Balaban J connectivity index is 2.88. The second kappa shape index (κ2) is 5.40. The van der Waals surface area contributed by atoms with E-state index in [2.05, 4.69) is 4.74 Å². The van der Waals surface area contributed by atoms with Crippen LogP contribution in [0.3, 0.4) is 0 Å². The van der Waals surface area contributed by atoms with Gasteiger partial charge in [-0.25, -0.2) is 22.4 Å². The predicted octanol–water partition coefficient (Wildman–Crippen LogP) is 2.27. The summed E-state index contributed by atoms with van der Waals surface area (Å²) in [7, 11) is 0.975. The zero-order chi connectivity index (χ0) is 16.6. The van der Waals surface area contributed by atoms with Crippen LogP contribution in [0, 0.1) is 34.6 Å². The van der Waals surface area contributed by atoms with Crippen molar-refractivity contribution < 1.29 is 27.1 Å². The Hall–Kier alpha value is -3.02. The van der Waals surface area contributed by atoms with Gasteiger partial charge in [-0.05, 0) is 0 Å². The number of benzene rings is 1. The first kappa shape index (κ1) is 15.4. The van der Waals surface area contributed by atoms with E-state index in [4.69, 9.17) is 11.0 Å². The smallest absolute Gasteiger partial charge is 0.357 e. The van der Waals surface area contributed by atoms with Crippen molar-refractivity contribution in [3.8, 4) is 11.8 Å². The number of esters is 1. The van der Waals surface area contributed by atoms with Crippen molar-refractivity contribution in [1.29, 1.82) is 5.26 Å². The molecule has 0 unspecified atom stereocenters. The highest BCUT2D eigenvalue weighted by Crippen LogP contribution is 2.29. The number of halogens is 4. The van der Waals surface area contributed by atoms with Crippen molar-refractivity contribution in [1.82, 2.24) is 4.57 Å². The molecule has 0 aliphatic carbocycles. The number of nitriles is 1. The molecule has 0 spiro atoms. The van der Waals surface area contributed by atoms with Crippen LogP contribution in [0.15, 0.2) is 12.3 Å². The van der Waals surface area contributed by atoms with Crippen molar-refractivity contribution in [3.63, 3.8) is 0 Å². The number of hydrogen-bond donors (Lipinski definition) is 1. The molecule has 0 saturated carbocycles. The zero-order valence-electron chi connectivity index (χ0n) is 11.0. The number of hydrogen-bond acceptors (Lipinski definition) is 4. The van der Waals surface area contributed by atoms with Gasteiger partial charge in [0.15, 0.2) is 29.0 Å². The van der Waals surface area contributed by atoms with Gasteiger partial charge in [0.1, 0.15) is 11.8 Å². The second-order valence-corrected chi connectivity index (χ2v) is 4.10. The van der Waals surface area contributed by atoms with E-state index in [0.717, 1.165) is 13.3 Å². The molecular weight excluding hydrogens is 306 g/mol. The van der Waals surface area contributed by atoms with Gasteiger partial charge in [-0.3, -0.25) is 0 Å². The standard InChI is InChI=1S/C13H7F4N3O2/c1-22-13(21)12-10(19)5(3-18)4-20(12)11-7(15)2-6(14)8(16)9(11)17/h2,4H,19H2,1H3. The summed E-state index contributed by atoms with van der Waals surface area (Å²) in [5.74, 6) is -8.14. The Morgan fingerprint density at radius 3 is 2.45 bits per heavy atom. The molecule has 9 heteroatoms. The monoisotopic (exact) mass is 313 g/mol. The van der Waals surface area contributed by atoms with E-state index >= 15 is 0 Å². The summed E-state index contributed by atoms with van der Waals surface area (Å²) < 4.78 is 58.9. The average Bonchev–Trinajstić information content (AvgIpc) is 2.80. The maximum Gasteiger partial charge on any atom is 0.357 e. The molecule has 114 valence electrons. The molecule has 0 bridgehead atoms. The Labute approximate surface area is 121 Å². The lowest BCUT2D eigenvalue weighted by Gasteiger charge is -2.11. The number of carbonyl (C=O) groups is 1. The van der Waals surface area contributed by atoms with Crippen LogP contribution >= 0.6 is 0 Å². The molecule has 1 aromatic carbocycles. The molecule has 0 amide bonds. The number of nitrogen functional groups attached to an aromatic ring is 1. The van der Waals surface area contributed by atoms with Gasteiger partial charge in [0, 0.05) is 12.3 Å². The van der Waals surface area contributed by atoms with Gasteiger partial charge in [0.25, 0.3) is 0 Å². The molecule has 2 aromatic rings. The van der Waals surface area contributed by atoms with E-state index in [1.165, 1.54) is 0 Å². The molecule has 0 atom stereocenters. The van der Waals surface area contributed by atoms with Crippen molar-refractivity contribution in [2.24, 2.45) is 0 Å². The maximum absolute atomic E-state index is 13.8. The molecule has 0 saturated heterocycles. The van der Waals surface area contributed by atoms with Gasteiger partial charge in [-0.15, -0.1) is 0 Å². The summed E-state index contributed by atoms with van der Waals surface area (Å²) in [6.07, 6.45) is 0.820. The zero-order valence-corrected chi connectivity index (χ0v) is 11.0. The van der Waals surface area contributed by atoms with E-state index in [-0.39, 0.29) is 11.6 Å². The van der Waals surface area contributed by atoms with E-state index in [1.807, 2.05) is 0 Å². The molecule has 5 nitrogen and oxygen atoms in total. The van der Waals surface area contributed by atoms with Crippen molar-refractivity contribution in [3.05, 3.63) is 46.8 Å². The number of anilines is 1. The summed E-state index contributed by atoms with van der Waals surface area (Å²) in [5.41, 5.74) is 3.18. The van der Waals surface area contributed by atoms with Crippen LogP contribution in [-0.4, -0.2) is 17.6 Å². The van der Waals surface area contributed by atoms with E-state index in [0.29, 0.717) is 4.57 Å². The first-order valence-electron chi connectivity index (χ1n) is 5.66. The minimum Gasteiger partial charge on any atom is -0.464 e. The molecule has 0 fully saturated rings. The Morgan fingerprint density at radius 1 is 1.27 bits per heavy atom. The van der Waals surface area contributed by atoms with Crippen LogP contribution in [0.1, 0.15) is 16.1 Å². The quantitative estimate of drug-likeness (QED) is 0.399. The van der Waals surface area contributed by atoms with E-state index < -0.39 is 46.3 Å². The van der Waals surface area contributed by atoms with Crippen molar-refractivity contribution in [2.75, 3.05) is 12.8 Å². The van der Waals surface area contributed by atoms with Gasteiger partial charge in [-0.1, -0.05) is 0 Å². The largest absolute Gasteiger partial charge is 0.464 e. The Bertz CT molecular complexity index is 824. The fourth-order valence-corrected chi connectivity index (χ4v) is 1.87. The van der Waals surface area contributed by atoms with Gasteiger partial charge in [0.2, 0.25) is 0 Å². The molecule has 1 heterocycles. The molecule has 2 N–H and O–H groups in total. The Morgan fingerprint density at radius 2 is 1.91 bits per heavy atom. The van der Waals surface area contributed by atoms with Crippen LogP contribution in [0.4, 0.5) is 23.2 Å². The van der Waals surface area contributed by atoms with E-state index in [9.17, 15) is 22.4 Å². The third kappa shape index (κ3) is 2.14. The minimum absolute atomic E-state index is 0.108. The summed E-state index contributed by atoms with van der Waals surface area (Å²) in [6.45, 7) is 0. The topological polar surface area (TPSA) is 81.0 Å². The Kier molecular flexibility index (Phi) is 3.77. The summed E-state index contributed by atoms with van der Waals surface area (Å²) >= 11 is 0. The third-order valence-corrected chi connectivity index (χ3v) is 2.87. The number of rotatable bonds is 2. The maximum atomic E-state index is 13.8. The molecular formula is C13H7F4N3O2. The number of methoxy groups -OCH3 is 1. The molecule has 0 aliphatic rings. The average molecular weight is 313 g/mol. The van der Waals surface area contributed by atoms with Gasteiger partial charge < -0.3 is 15.0 Å². The minimum atomic E-state index is -1.93. The molecule has 22 heavy (non-hydrogen) atoms. The molecule has 0 aliphatic heterocycles. The fourth-order valence-electron chi connectivity index (χ4n) is 1.87. The lowest BCUT2D eigenvalue weighted by molar-refractivity contribution is 0.0593. The van der Waals surface area contributed by atoms with Gasteiger partial charge >= 0.3 is 5.97 Å². The summed E-state index contributed by atoms with van der Waals surface area (Å²) in [4.78, 5) is 11.7. The van der Waals surface area contributed by atoms with Gasteiger partial charge in [-0.2, -0.15) is 5.26 Å². The fraction of sp³-hybridized carbons (Fsp3) is 0.0769. The lowest BCUT2D eigenvalue weighted by atomic mass is 10.2. The number of carbonyl (C=O) groups excluding carboxylic acids is 1. The number of aromatic nitrogens is 1. The van der Waals surface area contributed by atoms with Crippen LogP contribution in [0.25, 0.3) is 5.69 Å². The molecule has 1 aromatic heterocycles. The van der Waals surface area contributed by atoms with Crippen LogP contribution in [-0.2, 0) is 4.74 Å².